The standard InChI is InChI=1S/C19H22F2N8O2/c1-27-17(30)15-16(29(19(27)31)11-12-2-3-13(20)14(21)10-12)25-26-18(24-15)23-6-9-28-7-4-22-5-8-28/h2-3,10,22H,4-9,11H2,1H3,(H,23,24,26). The van der Waals surface area contributed by atoms with Crippen LogP contribution in [0.15, 0.2) is 27.8 Å². The molecule has 0 amide bonds. The molecule has 1 saturated heterocycles. The van der Waals surface area contributed by atoms with E-state index in [0.29, 0.717) is 12.1 Å². The number of aromatic nitrogens is 5. The van der Waals surface area contributed by atoms with Crippen LogP contribution in [0.1, 0.15) is 5.56 Å². The summed E-state index contributed by atoms with van der Waals surface area (Å²) in [6.45, 7) is 5.04. The van der Waals surface area contributed by atoms with E-state index in [9.17, 15) is 18.4 Å². The van der Waals surface area contributed by atoms with Gasteiger partial charge in [0.05, 0.1) is 6.54 Å². The molecule has 1 fully saturated rings. The Balaban J connectivity index is 1.61. The van der Waals surface area contributed by atoms with Crippen LogP contribution in [-0.2, 0) is 13.6 Å². The van der Waals surface area contributed by atoms with E-state index in [1.165, 1.54) is 13.1 Å². The summed E-state index contributed by atoms with van der Waals surface area (Å²) in [6.07, 6.45) is 0. The Morgan fingerprint density at radius 3 is 2.65 bits per heavy atom. The molecule has 2 N–H and O–H groups in total. The molecule has 4 rings (SSSR count). The van der Waals surface area contributed by atoms with Crippen molar-refractivity contribution < 1.29 is 8.78 Å². The summed E-state index contributed by atoms with van der Waals surface area (Å²) < 4.78 is 28.9. The molecule has 3 aromatic rings. The van der Waals surface area contributed by atoms with Gasteiger partial charge in [0, 0.05) is 46.3 Å². The quantitative estimate of drug-likeness (QED) is 0.538. The lowest BCUT2D eigenvalue weighted by molar-refractivity contribution is 0.249. The zero-order valence-corrected chi connectivity index (χ0v) is 16.9. The van der Waals surface area contributed by atoms with Crippen LogP contribution >= 0.6 is 0 Å². The van der Waals surface area contributed by atoms with Gasteiger partial charge in [0.15, 0.2) is 22.8 Å². The second-order valence-electron chi connectivity index (χ2n) is 7.31. The smallest absolute Gasteiger partial charge is 0.332 e. The second-order valence-corrected chi connectivity index (χ2v) is 7.31. The van der Waals surface area contributed by atoms with E-state index in [1.54, 1.807) is 0 Å². The van der Waals surface area contributed by atoms with Crippen molar-refractivity contribution in [2.45, 2.75) is 6.54 Å². The molecule has 0 spiro atoms. The molecule has 0 saturated carbocycles. The summed E-state index contributed by atoms with van der Waals surface area (Å²) in [5, 5.41) is 14.4. The summed E-state index contributed by atoms with van der Waals surface area (Å²) in [7, 11) is 1.32. The Morgan fingerprint density at radius 1 is 1.13 bits per heavy atom. The highest BCUT2D eigenvalue weighted by molar-refractivity contribution is 5.69. The fraction of sp³-hybridized carbons (Fsp3) is 0.421. The highest BCUT2D eigenvalue weighted by Gasteiger charge is 2.16. The maximum atomic E-state index is 13.6. The molecule has 12 heteroatoms. The van der Waals surface area contributed by atoms with Gasteiger partial charge in [-0.2, -0.15) is 0 Å². The van der Waals surface area contributed by atoms with Crippen molar-refractivity contribution >= 4 is 17.1 Å². The van der Waals surface area contributed by atoms with Gasteiger partial charge in [0.1, 0.15) is 0 Å². The predicted molar refractivity (Wildman–Crippen MR) is 110 cm³/mol. The fourth-order valence-electron chi connectivity index (χ4n) is 3.46. The molecule has 1 aliphatic heterocycles. The Hall–Kier alpha value is -3.25. The normalized spacial score (nSPS) is 14.8. The molecule has 0 atom stereocenters. The fourth-order valence-corrected chi connectivity index (χ4v) is 3.46. The number of halogens is 2. The number of hydrogen-bond donors (Lipinski definition) is 2. The molecule has 0 radical (unpaired) electrons. The molecule has 1 aromatic carbocycles. The van der Waals surface area contributed by atoms with E-state index < -0.39 is 22.9 Å². The number of anilines is 1. The summed E-state index contributed by atoms with van der Waals surface area (Å²) >= 11 is 0. The predicted octanol–water partition coefficient (Wildman–Crippen LogP) is -0.471. The van der Waals surface area contributed by atoms with Crippen molar-refractivity contribution in [2.75, 3.05) is 44.6 Å². The first-order valence-electron chi connectivity index (χ1n) is 9.89. The van der Waals surface area contributed by atoms with Gasteiger partial charge in [0.25, 0.3) is 5.56 Å². The van der Waals surface area contributed by atoms with Gasteiger partial charge in [-0.15, -0.1) is 10.2 Å². The maximum Gasteiger partial charge on any atom is 0.332 e. The van der Waals surface area contributed by atoms with E-state index in [-0.39, 0.29) is 23.7 Å². The summed E-state index contributed by atoms with van der Waals surface area (Å²) in [5.74, 6) is -1.84. The summed E-state index contributed by atoms with van der Waals surface area (Å²) in [4.78, 5) is 31.8. The van der Waals surface area contributed by atoms with Gasteiger partial charge in [-0.05, 0) is 17.7 Å². The third kappa shape index (κ3) is 4.44. The lowest BCUT2D eigenvalue weighted by Gasteiger charge is -2.27. The van der Waals surface area contributed by atoms with Gasteiger partial charge in [-0.25, -0.2) is 18.6 Å². The largest absolute Gasteiger partial charge is 0.352 e. The van der Waals surface area contributed by atoms with Gasteiger partial charge in [0.2, 0.25) is 5.95 Å². The molecular formula is C19H22F2N8O2. The number of piperazine rings is 1. The van der Waals surface area contributed by atoms with Crippen molar-refractivity contribution in [3.05, 3.63) is 56.2 Å². The highest BCUT2D eigenvalue weighted by atomic mass is 19.2. The van der Waals surface area contributed by atoms with Gasteiger partial charge in [-0.1, -0.05) is 6.07 Å². The van der Waals surface area contributed by atoms with Crippen molar-refractivity contribution in [2.24, 2.45) is 7.05 Å². The number of benzene rings is 1. The molecule has 10 nitrogen and oxygen atoms in total. The van der Waals surface area contributed by atoms with Gasteiger partial charge in [-0.3, -0.25) is 18.8 Å². The van der Waals surface area contributed by atoms with Crippen LogP contribution in [-0.4, -0.2) is 68.5 Å². The van der Waals surface area contributed by atoms with Crippen molar-refractivity contribution in [3.8, 4) is 0 Å². The average Bonchev–Trinajstić information content (AvgIpc) is 2.78. The first kappa shape index (κ1) is 21.0. The minimum absolute atomic E-state index is 0.0227. The number of rotatable bonds is 6. The SMILES string of the molecule is Cn1c(=O)c2nc(NCCN3CCNCC3)nnc2n(Cc2ccc(F)c(F)c2)c1=O. The summed E-state index contributed by atoms with van der Waals surface area (Å²) in [6, 6.07) is 3.32. The van der Waals surface area contributed by atoms with Crippen LogP contribution in [0.4, 0.5) is 14.7 Å². The van der Waals surface area contributed by atoms with Gasteiger partial charge < -0.3 is 10.6 Å². The van der Waals surface area contributed by atoms with Crippen LogP contribution in [0.25, 0.3) is 11.2 Å². The van der Waals surface area contributed by atoms with E-state index in [0.717, 1.165) is 54.0 Å². The number of nitrogens with one attached hydrogen (secondary N) is 2. The first-order valence-corrected chi connectivity index (χ1v) is 9.89. The average molecular weight is 432 g/mol. The lowest BCUT2D eigenvalue weighted by Crippen LogP contribution is -2.45. The Labute approximate surface area is 175 Å². The molecule has 3 heterocycles. The Morgan fingerprint density at radius 2 is 1.90 bits per heavy atom. The van der Waals surface area contributed by atoms with E-state index in [4.69, 9.17) is 0 Å². The minimum Gasteiger partial charge on any atom is -0.352 e. The van der Waals surface area contributed by atoms with Crippen LogP contribution in [0.3, 0.4) is 0 Å². The zero-order chi connectivity index (χ0) is 22.0. The molecule has 0 unspecified atom stereocenters. The van der Waals surface area contributed by atoms with E-state index in [2.05, 4.69) is 30.7 Å². The highest BCUT2D eigenvalue weighted by Crippen LogP contribution is 2.11. The summed E-state index contributed by atoms with van der Waals surface area (Å²) in [5.41, 5.74) is -0.991. The molecule has 2 aromatic heterocycles. The van der Waals surface area contributed by atoms with Crippen molar-refractivity contribution in [3.63, 3.8) is 0 Å². The third-order valence-corrected chi connectivity index (χ3v) is 5.20. The molecule has 1 aliphatic rings. The van der Waals surface area contributed by atoms with E-state index >= 15 is 0 Å². The number of hydrogen-bond acceptors (Lipinski definition) is 8. The lowest BCUT2D eigenvalue weighted by atomic mass is 10.2. The molecule has 0 aliphatic carbocycles. The monoisotopic (exact) mass is 432 g/mol. The Kier molecular flexibility index (Phi) is 6.00. The molecule has 31 heavy (non-hydrogen) atoms. The first-order chi connectivity index (χ1) is 14.9. The van der Waals surface area contributed by atoms with Gasteiger partial charge >= 0.3 is 5.69 Å². The third-order valence-electron chi connectivity index (χ3n) is 5.20. The zero-order valence-electron chi connectivity index (χ0n) is 16.9. The van der Waals surface area contributed by atoms with Crippen LogP contribution < -0.4 is 21.9 Å². The van der Waals surface area contributed by atoms with Crippen molar-refractivity contribution in [1.82, 2.24) is 34.5 Å². The van der Waals surface area contributed by atoms with Crippen LogP contribution in [0.5, 0.6) is 0 Å². The van der Waals surface area contributed by atoms with Crippen LogP contribution in [0, 0.1) is 11.6 Å². The van der Waals surface area contributed by atoms with E-state index in [1.807, 2.05) is 0 Å². The number of fused-ring (bicyclic) bond motifs is 1. The minimum atomic E-state index is -1.03. The molecular weight excluding hydrogens is 410 g/mol. The van der Waals surface area contributed by atoms with Crippen molar-refractivity contribution in [1.29, 1.82) is 0 Å². The maximum absolute atomic E-state index is 13.6. The van der Waals surface area contributed by atoms with Crippen LogP contribution in [0.2, 0.25) is 0 Å². The topological polar surface area (TPSA) is 110 Å². The Bertz CT molecular complexity index is 1220. The molecule has 164 valence electrons. The second kappa shape index (κ2) is 8.86. The molecule has 0 bridgehead atoms. The number of nitrogens with zero attached hydrogens (tertiary/aromatic N) is 6.